The van der Waals surface area contributed by atoms with E-state index in [1.54, 1.807) is 45.9 Å². The number of benzene rings is 1. The number of carbonyl (C=O) groups is 4. The second-order valence-electron chi connectivity index (χ2n) is 9.06. The summed E-state index contributed by atoms with van der Waals surface area (Å²) < 4.78 is 11.3. The monoisotopic (exact) mass is 468 g/mol. The van der Waals surface area contributed by atoms with Gasteiger partial charge < -0.3 is 29.5 Å². The van der Waals surface area contributed by atoms with Crippen LogP contribution in [0.4, 0.5) is 16.2 Å². The van der Waals surface area contributed by atoms with Crippen molar-refractivity contribution in [3.8, 4) is 0 Å². The second kappa shape index (κ2) is 8.43. The van der Waals surface area contributed by atoms with Crippen LogP contribution in [-0.4, -0.2) is 84.7 Å². The van der Waals surface area contributed by atoms with Crippen LogP contribution in [0.15, 0.2) is 36.4 Å². The quantitative estimate of drug-likeness (QED) is 0.666. The number of rotatable bonds is 4. The van der Waals surface area contributed by atoms with E-state index in [1.807, 2.05) is 12.2 Å². The number of amides is 4. The van der Waals surface area contributed by atoms with Crippen LogP contribution in [0.25, 0.3) is 0 Å². The molecule has 1 aromatic carbocycles. The smallest absolute Gasteiger partial charge is 0.409 e. The minimum Gasteiger partial charge on any atom is -0.450 e. The number of carbonyl (C=O) groups excluding carboxylic acids is 4. The third-order valence-electron chi connectivity index (χ3n) is 7.00. The molecule has 4 aliphatic rings. The lowest BCUT2D eigenvalue weighted by atomic mass is 9.76. The van der Waals surface area contributed by atoms with Gasteiger partial charge in [-0.3, -0.25) is 14.4 Å². The number of fused-ring (bicyclic) bond motifs is 1. The van der Waals surface area contributed by atoms with Gasteiger partial charge in [0.05, 0.1) is 31.1 Å². The topological polar surface area (TPSA) is 108 Å². The van der Waals surface area contributed by atoms with E-state index < -0.39 is 23.5 Å². The van der Waals surface area contributed by atoms with E-state index in [0.29, 0.717) is 50.7 Å². The molecular formula is C24H28N4O6. The number of piperazine rings is 1. The highest BCUT2D eigenvalue weighted by molar-refractivity contribution is 6.03. The number of nitrogens with zero attached hydrogens (tertiary/aromatic N) is 3. The highest BCUT2D eigenvalue weighted by atomic mass is 16.6. The summed E-state index contributed by atoms with van der Waals surface area (Å²) in [4.78, 5) is 55.3. The molecule has 34 heavy (non-hydrogen) atoms. The van der Waals surface area contributed by atoms with Crippen LogP contribution in [0, 0.1) is 11.8 Å². The molecule has 1 N–H and O–H groups in total. The molecule has 1 spiro atoms. The number of hydrogen-bond donors (Lipinski definition) is 1. The number of hydrogen-bond acceptors (Lipinski definition) is 6. The molecule has 10 nitrogen and oxygen atoms in total. The van der Waals surface area contributed by atoms with Crippen molar-refractivity contribution in [3.63, 3.8) is 0 Å². The maximum atomic E-state index is 13.5. The van der Waals surface area contributed by atoms with Crippen LogP contribution in [-0.2, 0) is 23.9 Å². The zero-order chi connectivity index (χ0) is 24.0. The summed E-state index contributed by atoms with van der Waals surface area (Å²) in [6, 6.07) is 7.05. The third-order valence-corrected chi connectivity index (χ3v) is 7.00. The van der Waals surface area contributed by atoms with Gasteiger partial charge in [-0.2, -0.15) is 0 Å². The first kappa shape index (κ1) is 22.4. The van der Waals surface area contributed by atoms with Crippen LogP contribution < -0.4 is 10.2 Å². The highest BCUT2D eigenvalue weighted by Gasteiger charge is 2.67. The Hall–Kier alpha value is -3.40. The molecule has 180 valence electrons. The first-order chi connectivity index (χ1) is 16.3. The molecule has 0 aliphatic carbocycles. The zero-order valence-electron chi connectivity index (χ0n) is 19.2. The summed E-state index contributed by atoms with van der Waals surface area (Å²) in [5, 5.41) is 2.71. The van der Waals surface area contributed by atoms with Crippen LogP contribution >= 0.6 is 0 Å². The van der Waals surface area contributed by atoms with Gasteiger partial charge in [0.15, 0.2) is 0 Å². The zero-order valence-corrected chi connectivity index (χ0v) is 19.2. The molecule has 4 aliphatic heterocycles. The van der Waals surface area contributed by atoms with Gasteiger partial charge in [-0.05, 0) is 31.2 Å². The van der Waals surface area contributed by atoms with Crippen LogP contribution in [0.3, 0.4) is 0 Å². The fourth-order valence-electron chi connectivity index (χ4n) is 5.46. The van der Waals surface area contributed by atoms with Gasteiger partial charge in [-0.15, -0.1) is 0 Å². The summed E-state index contributed by atoms with van der Waals surface area (Å²) in [5.74, 6) is -1.59. The highest BCUT2D eigenvalue weighted by Crippen LogP contribution is 2.53. The first-order valence-electron chi connectivity index (χ1n) is 11.6. The standard InChI is InChI=1S/C24H28N4O6/c1-3-33-23(32)27-12-10-26(11-13-27)21(30)19-18-8-9-24(34-18)14-28(22(31)20(19)24)17-6-4-16(5-7-17)25-15(2)29/h4-9,18-20H,3,10-14H2,1-2H3,(H,25,29)/t18-,19-,20-,24-/m1/s1. The van der Waals surface area contributed by atoms with E-state index in [9.17, 15) is 19.2 Å². The summed E-state index contributed by atoms with van der Waals surface area (Å²) in [5.41, 5.74) is 0.524. The van der Waals surface area contributed by atoms with Gasteiger partial charge in [0.1, 0.15) is 5.60 Å². The fourth-order valence-corrected chi connectivity index (χ4v) is 5.46. The minimum absolute atomic E-state index is 0.110. The molecule has 3 fully saturated rings. The Bertz CT molecular complexity index is 1050. The minimum atomic E-state index is -0.814. The van der Waals surface area contributed by atoms with E-state index in [-0.39, 0.29) is 23.8 Å². The van der Waals surface area contributed by atoms with Crippen molar-refractivity contribution in [2.75, 3.05) is 49.5 Å². The predicted octanol–water partition coefficient (Wildman–Crippen LogP) is 1.23. The molecular weight excluding hydrogens is 440 g/mol. The molecule has 4 heterocycles. The Morgan fingerprint density at radius 1 is 1.12 bits per heavy atom. The largest absolute Gasteiger partial charge is 0.450 e. The normalized spacial score (nSPS) is 29.4. The van der Waals surface area contributed by atoms with E-state index >= 15 is 0 Å². The van der Waals surface area contributed by atoms with Crippen LogP contribution in [0.1, 0.15) is 13.8 Å². The van der Waals surface area contributed by atoms with Crippen molar-refractivity contribution in [1.29, 1.82) is 0 Å². The van der Waals surface area contributed by atoms with Gasteiger partial charge in [-0.1, -0.05) is 12.2 Å². The Balaban J connectivity index is 1.31. The molecule has 4 amide bonds. The van der Waals surface area contributed by atoms with Gasteiger partial charge in [0, 0.05) is 44.5 Å². The molecule has 4 atom stereocenters. The van der Waals surface area contributed by atoms with E-state index in [4.69, 9.17) is 9.47 Å². The lowest BCUT2D eigenvalue weighted by Crippen LogP contribution is -2.54. The summed E-state index contributed by atoms with van der Waals surface area (Å²) >= 11 is 0. The van der Waals surface area contributed by atoms with Crippen LogP contribution in [0.2, 0.25) is 0 Å². The molecule has 10 heteroatoms. The third kappa shape index (κ3) is 3.62. The van der Waals surface area contributed by atoms with Gasteiger partial charge in [0.25, 0.3) is 0 Å². The number of anilines is 2. The summed E-state index contributed by atoms with van der Waals surface area (Å²) in [6.45, 7) is 5.43. The SMILES string of the molecule is CCOC(=O)N1CCN(C(=O)[C@@H]2[C@H]3C=C[C@]4(CN(c5ccc(NC(C)=O)cc5)C(=O)[C@@H]24)O3)CC1. The molecule has 0 unspecified atom stereocenters. The average Bonchev–Trinajstić information content (AvgIpc) is 3.47. The maximum Gasteiger partial charge on any atom is 0.409 e. The lowest BCUT2D eigenvalue weighted by molar-refractivity contribution is -0.141. The molecule has 0 radical (unpaired) electrons. The molecule has 2 bridgehead atoms. The fraction of sp³-hybridized carbons (Fsp3) is 0.500. The average molecular weight is 469 g/mol. The number of nitrogens with one attached hydrogen (secondary N) is 1. The first-order valence-corrected chi connectivity index (χ1v) is 11.6. The van der Waals surface area contributed by atoms with Gasteiger partial charge >= 0.3 is 6.09 Å². The molecule has 1 aromatic rings. The Labute approximate surface area is 197 Å². The predicted molar refractivity (Wildman–Crippen MR) is 122 cm³/mol. The van der Waals surface area contributed by atoms with Crippen molar-refractivity contribution in [1.82, 2.24) is 9.80 Å². The maximum absolute atomic E-state index is 13.5. The summed E-state index contributed by atoms with van der Waals surface area (Å²) in [6.07, 6.45) is 3.03. The Morgan fingerprint density at radius 2 is 1.79 bits per heavy atom. The van der Waals surface area contributed by atoms with Crippen molar-refractivity contribution >= 4 is 35.2 Å². The van der Waals surface area contributed by atoms with Crippen molar-refractivity contribution in [3.05, 3.63) is 36.4 Å². The Morgan fingerprint density at radius 3 is 2.44 bits per heavy atom. The van der Waals surface area contributed by atoms with Crippen molar-refractivity contribution in [2.24, 2.45) is 11.8 Å². The second-order valence-corrected chi connectivity index (χ2v) is 9.06. The van der Waals surface area contributed by atoms with E-state index in [1.165, 1.54) is 6.92 Å². The van der Waals surface area contributed by atoms with E-state index in [0.717, 1.165) is 0 Å². The summed E-state index contributed by atoms with van der Waals surface area (Å²) in [7, 11) is 0. The van der Waals surface area contributed by atoms with Crippen molar-refractivity contribution < 1.29 is 28.7 Å². The molecule has 0 saturated carbocycles. The molecule has 5 rings (SSSR count). The van der Waals surface area contributed by atoms with E-state index in [2.05, 4.69) is 5.32 Å². The van der Waals surface area contributed by atoms with Crippen molar-refractivity contribution in [2.45, 2.75) is 25.6 Å². The number of ether oxygens (including phenoxy) is 2. The Kier molecular flexibility index (Phi) is 5.55. The van der Waals surface area contributed by atoms with Gasteiger partial charge in [-0.25, -0.2) is 4.79 Å². The lowest BCUT2D eigenvalue weighted by Gasteiger charge is -2.36. The van der Waals surface area contributed by atoms with Crippen LogP contribution in [0.5, 0.6) is 0 Å². The molecule has 0 aromatic heterocycles. The molecule has 3 saturated heterocycles. The van der Waals surface area contributed by atoms with Gasteiger partial charge in [0.2, 0.25) is 17.7 Å².